The Balaban J connectivity index is 1.68. The van der Waals surface area contributed by atoms with E-state index in [2.05, 4.69) is 4.98 Å². The number of esters is 1. The van der Waals surface area contributed by atoms with Crippen molar-refractivity contribution in [1.82, 2.24) is 9.88 Å². The van der Waals surface area contributed by atoms with Gasteiger partial charge in [-0.15, -0.1) is 0 Å². The maximum atomic E-state index is 12.7. The predicted molar refractivity (Wildman–Crippen MR) is 85.9 cm³/mol. The third-order valence-corrected chi connectivity index (χ3v) is 4.01. The number of carbonyl (C=O) groups is 3. The topological polar surface area (TPSA) is 76.6 Å². The lowest BCUT2D eigenvalue weighted by Crippen LogP contribution is -2.41. The summed E-state index contributed by atoms with van der Waals surface area (Å²) in [5.74, 6) is -2.03. The van der Waals surface area contributed by atoms with Crippen molar-refractivity contribution < 1.29 is 32.3 Å². The highest BCUT2D eigenvalue weighted by Gasteiger charge is 2.38. The summed E-state index contributed by atoms with van der Waals surface area (Å²) in [6.07, 6.45) is -3.84. The van der Waals surface area contributed by atoms with Crippen molar-refractivity contribution in [3.8, 4) is 0 Å². The first-order valence-corrected chi connectivity index (χ1v) is 7.87. The highest BCUT2D eigenvalue weighted by Crippen LogP contribution is 2.28. The van der Waals surface area contributed by atoms with Crippen LogP contribution in [0.25, 0.3) is 0 Å². The molecule has 3 rings (SSSR count). The molecule has 0 aliphatic carbocycles. The molecule has 6 nitrogen and oxygen atoms in total. The monoisotopic (exact) mass is 378 g/mol. The van der Waals surface area contributed by atoms with Crippen molar-refractivity contribution in [3.63, 3.8) is 0 Å². The maximum absolute atomic E-state index is 12.7. The van der Waals surface area contributed by atoms with Crippen LogP contribution < -0.4 is 0 Å². The van der Waals surface area contributed by atoms with E-state index >= 15 is 0 Å². The highest BCUT2D eigenvalue weighted by molar-refractivity contribution is 6.21. The van der Waals surface area contributed by atoms with Gasteiger partial charge >= 0.3 is 12.1 Å². The second kappa shape index (κ2) is 6.82. The minimum atomic E-state index is -4.69. The fourth-order valence-corrected chi connectivity index (χ4v) is 2.67. The van der Waals surface area contributed by atoms with Gasteiger partial charge in [-0.2, -0.15) is 13.2 Å². The lowest BCUT2D eigenvalue weighted by Gasteiger charge is -2.22. The van der Waals surface area contributed by atoms with E-state index in [0.717, 1.165) is 17.2 Å². The fraction of sp³-hybridized carbons (Fsp3) is 0.222. The fourth-order valence-electron chi connectivity index (χ4n) is 2.67. The zero-order valence-corrected chi connectivity index (χ0v) is 14.0. The Labute approximate surface area is 151 Å². The zero-order chi connectivity index (χ0) is 19.8. The lowest BCUT2D eigenvalue weighted by molar-refractivity contribution is -0.141. The minimum absolute atomic E-state index is 0.254. The summed E-state index contributed by atoms with van der Waals surface area (Å²) >= 11 is 0. The molecule has 2 amide bonds. The Kier molecular flexibility index (Phi) is 4.69. The minimum Gasteiger partial charge on any atom is -0.460 e. The average molecular weight is 378 g/mol. The summed E-state index contributed by atoms with van der Waals surface area (Å²) in [6.45, 7) is 1.15. The molecule has 0 spiro atoms. The van der Waals surface area contributed by atoms with Gasteiger partial charge < -0.3 is 4.74 Å². The van der Waals surface area contributed by atoms with Gasteiger partial charge in [-0.1, -0.05) is 12.1 Å². The van der Waals surface area contributed by atoms with E-state index in [-0.39, 0.29) is 23.3 Å². The molecule has 1 atom stereocenters. The molecule has 27 heavy (non-hydrogen) atoms. The molecule has 0 bridgehead atoms. The number of pyridine rings is 1. The molecular weight excluding hydrogens is 365 g/mol. The number of imide groups is 1. The third-order valence-electron chi connectivity index (χ3n) is 4.01. The quantitative estimate of drug-likeness (QED) is 0.604. The number of aromatic nitrogens is 1. The van der Waals surface area contributed by atoms with Gasteiger partial charge in [0.15, 0.2) is 0 Å². The average Bonchev–Trinajstić information content (AvgIpc) is 2.90. The van der Waals surface area contributed by atoms with Crippen LogP contribution in [0.4, 0.5) is 13.2 Å². The molecular formula is C18H13F3N2O4. The van der Waals surface area contributed by atoms with Crippen molar-refractivity contribution in [2.24, 2.45) is 0 Å². The Morgan fingerprint density at radius 2 is 1.74 bits per heavy atom. The molecule has 0 fully saturated rings. The summed E-state index contributed by atoms with van der Waals surface area (Å²) in [6, 6.07) is 7.16. The van der Waals surface area contributed by atoms with Crippen LogP contribution in [0.5, 0.6) is 0 Å². The summed E-state index contributed by atoms with van der Waals surface area (Å²) in [4.78, 5) is 40.8. The first kappa shape index (κ1) is 18.6. The highest BCUT2D eigenvalue weighted by atomic mass is 19.4. The summed E-state index contributed by atoms with van der Waals surface area (Å²) < 4.78 is 43.0. The van der Waals surface area contributed by atoms with Crippen molar-refractivity contribution in [3.05, 3.63) is 65.0 Å². The van der Waals surface area contributed by atoms with Crippen LogP contribution in [0.2, 0.25) is 0 Å². The van der Waals surface area contributed by atoms with E-state index < -0.39 is 35.7 Å². The third kappa shape index (κ3) is 3.53. The molecule has 2 aromatic rings. The van der Waals surface area contributed by atoms with Gasteiger partial charge in [-0.3, -0.25) is 19.5 Å². The van der Waals surface area contributed by atoms with E-state index in [4.69, 9.17) is 4.74 Å². The number of amides is 2. The number of fused-ring (bicyclic) bond motifs is 1. The molecule has 0 saturated heterocycles. The SMILES string of the molecule is C[C@H](COC(=O)c1ccnc(C(F)(F)F)c1)N1C(=O)c2ccccc2C1=O. The van der Waals surface area contributed by atoms with Crippen molar-refractivity contribution in [2.75, 3.05) is 6.61 Å². The van der Waals surface area contributed by atoms with Crippen LogP contribution >= 0.6 is 0 Å². The van der Waals surface area contributed by atoms with Crippen molar-refractivity contribution in [2.45, 2.75) is 19.1 Å². The molecule has 0 N–H and O–H groups in total. The van der Waals surface area contributed by atoms with Gasteiger partial charge in [-0.25, -0.2) is 4.79 Å². The largest absolute Gasteiger partial charge is 0.460 e. The number of hydrogen-bond acceptors (Lipinski definition) is 5. The number of nitrogens with zero attached hydrogens (tertiary/aromatic N) is 2. The Hall–Kier alpha value is -3.23. The molecule has 0 unspecified atom stereocenters. The maximum Gasteiger partial charge on any atom is 0.433 e. The second-order valence-electron chi connectivity index (χ2n) is 5.90. The van der Waals surface area contributed by atoms with Gasteiger partial charge in [0.05, 0.1) is 22.7 Å². The molecule has 1 aliphatic rings. The van der Waals surface area contributed by atoms with Crippen LogP contribution in [-0.4, -0.2) is 40.3 Å². The van der Waals surface area contributed by atoms with Crippen LogP contribution in [-0.2, 0) is 10.9 Å². The van der Waals surface area contributed by atoms with Gasteiger partial charge in [0.25, 0.3) is 11.8 Å². The number of rotatable bonds is 4. The van der Waals surface area contributed by atoms with Gasteiger partial charge in [0, 0.05) is 6.20 Å². The molecule has 9 heteroatoms. The molecule has 0 saturated carbocycles. The first-order valence-electron chi connectivity index (χ1n) is 7.87. The van der Waals surface area contributed by atoms with E-state index in [0.29, 0.717) is 6.07 Å². The molecule has 0 radical (unpaired) electrons. The van der Waals surface area contributed by atoms with Crippen LogP contribution in [0, 0.1) is 0 Å². The Morgan fingerprint density at radius 1 is 1.15 bits per heavy atom. The summed E-state index contributed by atoms with van der Waals surface area (Å²) in [7, 11) is 0. The van der Waals surface area contributed by atoms with Crippen molar-refractivity contribution >= 4 is 17.8 Å². The normalized spacial score (nSPS) is 14.9. The van der Waals surface area contributed by atoms with E-state index in [1.54, 1.807) is 12.1 Å². The van der Waals surface area contributed by atoms with E-state index in [9.17, 15) is 27.6 Å². The Morgan fingerprint density at radius 3 is 2.30 bits per heavy atom. The molecule has 2 heterocycles. The van der Waals surface area contributed by atoms with Gasteiger partial charge in [0.2, 0.25) is 0 Å². The lowest BCUT2D eigenvalue weighted by atomic mass is 10.1. The second-order valence-corrected chi connectivity index (χ2v) is 5.90. The number of hydrogen-bond donors (Lipinski definition) is 0. The molecule has 1 aromatic carbocycles. The van der Waals surface area contributed by atoms with Crippen LogP contribution in [0.1, 0.15) is 43.7 Å². The molecule has 140 valence electrons. The van der Waals surface area contributed by atoms with E-state index in [1.807, 2.05) is 0 Å². The number of alkyl halides is 3. The van der Waals surface area contributed by atoms with E-state index in [1.165, 1.54) is 19.1 Å². The number of carbonyl (C=O) groups excluding carboxylic acids is 3. The Bertz CT molecular complexity index is 892. The predicted octanol–water partition coefficient (Wildman–Crippen LogP) is 2.94. The number of halogens is 3. The molecule has 1 aromatic heterocycles. The number of ether oxygens (including phenoxy) is 1. The van der Waals surface area contributed by atoms with Gasteiger partial charge in [0.1, 0.15) is 12.3 Å². The number of benzene rings is 1. The summed E-state index contributed by atoms with van der Waals surface area (Å²) in [5.41, 5.74) is -1.04. The summed E-state index contributed by atoms with van der Waals surface area (Å²) in [5, 5.41) is 0. The van der Waals surface area contributed by atoms with Crippen LogP contribution in [0.3, 0.4) is 0 Å². The standard InChI is InChI=1S/C18H13F3N2O4/c1-10(23-15(24)12-4-2-3-5-13(12)16(23)25)9-27-17(26)11-6-7-22-14(8-11)18(19,20)21/h2-8,10H,9H2,1H3/t10-/m1/s1. The van der Waals surface area contributed by atoms with Crippen molar-refractivity contribution in [1.29, 1.82) is 0 Å². The van der Waals surface area contributed by atoms with Gasteiger partial charge in [-0.05, 0) is 31.2 Å². The van der Waals surface area contributed by atoms with Crippen LogP contribution in [0.15, 0.2) is 42.6 Å². The zero-order valence-electron chi connectivity index (χ0n) is 14.0. The molecule has 1 aliphatic heterocycles. The first-order chi connectivity index (χ1) is 12.7. The smallest absolute Gasteiger partial charge is 0.433 e.